The van der Waals surface area contributed by atoms with Gasteiger partial charge in [0.25, 0.3) is 0 Å². The van der Waals surface area contributed by atoms with Gasteiger partial charge in [0.2, 0.25) is 11.1 Å². The molecule has 3 aromatic carbocycles. The van der Waals surface area contributed by atoms with E-state index >= 15 is 0 Å². The summed E-state index contributed by atoms with van der Waals surface area (Å²) in [5.74, 6) is 0.847. The molecule has 1 atom stereocenters. The van der Waals surface area contributed by atoms with Crippen LogP contribution in [-0.4, -0.2) is 27.3 Å². The van der Waals surface area contributed by atoms with Gasteiger partial charge in [-0.15, -0.1) is 5.10 Å². The Morgan fingerprint density at radius 2 is 1.80 bits per heavy atom. The largest absolute Gasteiger partial charge is 0.489 e. The summed E-state index contributed by atoms with van der Waals surface area (Å²) in [6.07, 6.45) is 1.69. The lowest BCUT2D eigenvalue weighted by Crippen LogP contribution is -2.29. The van der Waals surface area contributed by atoms with Crippen LogP contribution in [0, 0.1) is 5.82 Å². The fourth-order valence-electron chi connectivity index (χ4n) is 4.43. The minimum atomic E-state index is -0.576. The molecule has 0 amide bonds. The Morgan fingerprint density at radius 3 is 2.54 bits per heavy atom. The van der Waals surface area contributed by atoms with Crippen LogP contribution in [0.3, 0.4) is 0 Å². The second-order valence-corrected chi connectivity index (χ2v) is 10.9. The number of anilines is 1. The number of esters is 1. The number of ether oxygens (including phenoxy) is 2. The van der Waals surface area contributed by atoms with E-state index in [1.54, 1.807) is 22.9 Å². The molecule has 0 saturated heterocycles. The number of halogens is 2. The Balaban J connectivity index is 1.41. The molecule has 7 nitrogen and oxygen atoms in total. The molecule has 0 bridgehead atoms. The van der Waals surface area contributed by atoms with E-state index in [-0.39, 0.29) is 5.82 Å². The van der Waals surface area contributed by atoms with Gasteiger partial charge in [-0.3, -0.25) is 0 Å². The van der Waals surface area contributed by atoms with Crippen molar-refractivity contribution in [3.63, 3.8) is 0 Å². The van der Waals surface area contributed by atoms with Crippen LogP contribution in [-0.2, 0) is 21.9 Å². The molecule has 5 rings (SSSR count). The number of carbonyl (C=O) groups excluding carboxylic acids is 1. The van der Waals surface area contributed by atoms with E-state index in [9.17, 15) is 9.18 Å². The fourth-order valence-corrected chi connectivity index (χ4v) is 5.44. The van der Waals surface area contributed by atoms with Gasteiger partial charge in [0.05, 0.1) is 12.2 Å². The van der Waals surface area contributed by atoms with Gasteiger partial charge in [0.1, 0.15) is 24.2 Å². The van der Waals surface area contributed by atoms with Crippen molar-refractivity contribution in [3.05, 3.63) is 112 Å². The molecule has 0 aliphatic carbocycles. The van der Waals surface area contributed by atoms with Gasteiger partial charge in [-0.2, -0.15) is 4.98 Å². The minimum Gasteiger partial charge on any atom is -0.489 e. The number of carbonyl (C=O) groups is 1. The van der Waals surface area contributed by atoms with Gasteiger partial charge < -0.3 is 14.8 Å². The third-order valence-electron chi connectivity index (χ3n) is 6.65. The Kier molecular flexibility index (Phi) is 9.26. The van der Waals surface area contributed by atoms with Crippen molar-refractivity contribution in [2.45, 2.75) is 50.2 Å². The summed E-state index contributed by atoms with van der Waals surface area (Å²) in [5.41, 5.74) is 3.36. The Bertz CT molecular complexity index is 1560. The van der Waals surface area contributed by atoms with Crippen LogP contribution >= 0.6 is 23.4 Å². The number of nitrogens with one attached hydrogen (secondary N) is 1. The van der Waals surface area contributed by atoms with E-state index in [2.05, 4.69) is 10.3 Å². The molecule has 4 aromatic rings. The molecule has 2 heterocycles. The predicted molar refractivity (Wildman–Crippen MR) is 159 cm³/mol. The van der Waals surface area contributed by atoms with Crippen molar-refractivity contribution < 1.29 is 18.7 Å². The smallest absolute Gasteiger partial charge is 0.338 e. The highest BCUT2D eigenvalue weighted by Gasteiger charge is 2.35. The van der Waals surface area contributed by atoms with Crippen LogP contribution < -0.4 is 10.1 Å². The topological polar surface area (TPSA) is 78.3 Å². The number of fused-ring (bicyclic) bond motifs is 1. The highest BCUT2D eigenvalue weighted by molar-refractivity contribution is 7.98. The molecule has 1 N–H and O–H groups in total. The van der Waals surface area contributed by atoms with Crippen molar-refractivity contribution in [2.24, 2.45) is 0 Å². The summed E-state index contributed by atoms with van der Waals surface area (Å²) in [5, 5.41) is 9.04. The number of allylic oxidation sites excluding steroid dienone is 1. The molecular formula is C31H30ClFN4O3S. The first kappa shape index (κ1) is 28.7. The first-order chi connectivity index (χ1) is 19.9. The first-order valence-corrected chi connectivity index (χ1v) is 14.7. The Morgan fingerprint density at radius 1 is 1.07 bits per heavy atom. The zero-order valence-electron chi connectivity index (χ0n) is 22.8. The minimum absolute atomic E-state index is 0.272. The summed E-state index contributed by atoms with van der Waals surface area (Å²) < 4.78 is 27.5. The maximum atomic E-state index is 14.2. The summed E-state index contributed by atoms with van der Waals surface area (Å²) in [6, 6.07) is 21.1. The molecule has 0 radical (unpaired) electrons. The van der Waals surface area contributed by atoms with Gasteiger partial charge >= 0.3 is 5.97 Å². The molecule has 10 heteroatoms. The molecule has 212 valence electrons. The lowest BCUT2D eigenvalue weighted by atomic mass is 9.96. The molecule has 0 spiro atoms. The van der Waals surface area contributed by atoms with Crippen molar-refractivity contribution in [1.29, 1.82) is 0 Å². The lowest BCUT2D eigenvalue weighted by Gasteiger charge is -2.28. The standard InChI is InChI=1S/C31H30ClFN4O3S/c1-3-4-17-39-29(38)27-20(2)34-30-35-31(41-19-23-10-6-8-12-26(23)33)36-37(30)28(27)21-13-15-24(16-14-21)40-18-22-9-5-7-11-25(22)32/h5-16,28H,3-4,17-19H2,1-2H3,(H,34,35,36). The maximum Gasteiger partial charge on any atom is 0.338 e. The van der Waals surface area contributed by atoms with E-state index in [0.717, 1.165) is 24.0 Å². The number of benzene rings is 3. The number of hydrogen-bond acceptors (Lipinski definition) is 7. The van der Waals surface area contributed by atoms with Crippen molar-refractivity contribution in [1.82, 2.24) is 14.8 Å². The van der Waals surface area contributed by atoms with E-state index in [4.69, 9.17) is 26.2 Å². The Hall–Kier alpha value is -3.82. The third-order valence-corrected chi connectivity index (χ3v) is 7.90. The first-order valence-electron chi connectivity index (χ1n) is 13.4. The number of unbranched alkanes of at least 4 members (excludes halogenated alkanes) is 1. The fraction of sp³-hybridized carbons (Fsp3) is 0.258. The predicted octanol–water partition coefficient (Wildman–Crippen LogP) is 7.57. The van der Waals surface area contributed by atoms with Crippen LogP contribution in [0.25, 0.3) is 0 Å². The summed E-state index contributed by atoms with van der Waals surface area (Å²) >= 11 is 7.59. The van der Waals surface area contributed by atoms with E-state index < -0.39 is 12.0 Å². The van der Waals surface area contributed by atoms with Crippen LogP contribution in [0.5, 0.6) is 5.75 Å². The van der Waals surface area contributed by atoms with Crippen molar-refractivity contribution >= 4 is 35.3 Å². The second kappa shape index (κ2) is 13.2. The average molecular weight is 593 g/mol. The number of thioether (sulfide) groups is 1. The molecule has 1 unspecified atom stereocenters. The van der Waals surface area contributed by atoms with E-state index in [0.29, 0.717) is 57.7 Å². The molecule has 41 heavy (non-hydrogen) atoms. The molecule has 0 fully saturated rings. The van der Waals surface area contributed by atoms with Crippen molar-refractivity contribution in [3.8, 4) is 5.75 Å². The summed E-state index contributed by atoms with van der Waals surface area (Å²) in [7, 11) is 0. The summed E-state index contributed by atoms with van der Waals surface area (Å²) in [4.78, 5) is 18.0. The normalized spacial score (nSPS) is 14.4. The highest BCUT2D eigenvalue weighted by Crippen LogP contribution is 2.37. The van der Waals surface area contributed by atoms with Gasteiger partial charge in [-0.25, -0.2) is 13.9 Å². The Labute approximate surface area is 247 Å². The number of aromatic nitrogens is 3. The molecule has 1 aromatic heterocycles. The van der Waals surface area contributed by atoms with E-state index in [1.807, 2.05) is 62.4 Å². The number of hydrogen-bond donors (Lipinski definition) is 1. The van der Waals surface area contributed by atoms with Crippen LogP contribution in [0.15, 0.2) is 89.2 Å². The zero-order valence-corrected chi connectivity index (χ0v) is 24.3. The lowest BCUT2D eigenvalue weighted by molar-refractivity contribution is -0.139. The van der Waals surface area contributed by atoms with Crippen LogP contribution in [0.1, 0.15) is 49.4 Å². The van der Waals surface area contributed by atoms with Gasteiger partial charge in [-0.05, 0) is 48.7 Å². The van der Waals surface area contributed by atoms with Crippen LogP contribution in [0.4, 0.5) is 10.3 Å². The maximum absolute atomic E-state index is 14.2. The quantitative estimate of drug-likeness (QED) is 0.109. The SMILES string of the molecule is CCCCOC(=O)C1=C(C)Nc2nc(SCc3ccccc3F)nn2C1c1ccc(OCc2ccccc2Cl)cc1. The van der Waals surface area contributed by atoms with E-state index in [1.165, 1.54) is 17.8 Å². The van der Waals surface area contributed by atoms with Gasteiger partial charge in [-0.1, -0.05) is 85.2 Å². The molecule has 0 saturated carbocycles. The number of nitrogens with zero attached hydrogens (tertiary/aromatic N) is 3. The molecule has 1 aliphatic heterocycles. The number of rotatable bonds is 11. The average Bonchev–Trinajstić information content (AvgIpc) is 3.38. The zero-order chi connectivity index (χ0) is 28.8. The molecular weight excluding hydrogens is 563 g/mol. The highest BCUT2D eigenvalue weighted by atomic mass is 35.5. The van der Waals surface area contributed by atoms with Gasteiger partial charge in [0.15, 0.2) is 0 Å². The molecule has 1 aliphatic rings. The summed E-state index contributed by atoms with van der Waals surface area (Å²) in [6.45, 7) is 4.54. The monoisotopic (exact) mass is 592 g/mol. The van der Waals surface area contributed by atoms with Crippen LogP contribution in [0.2, 0.25) is 5.02 Å². The van der Waals surface area contributed by atoms with Crippen molar-refractivity contribution in [2.75, 3.05) is 11.9 Å². The third kappa shape index (κ3) is 6.74. The second-order valence-electron chi connectivity index (χ2n) is 9.55. The van der Waals surface area contributed by atoms with Gasteiger partial charge in [0, 0.05) is 22.0 Å².